The van der Waals surface area contributed by atoms with Gasteiger partial charge in [-0.25, -0.2) is 13.6 Å². The third-order valence-corrected chi connectivity index (χ3v) is 3.85. The lowest BCUT2D eigenvalue weighted by Crippen LogP contribution is -2.39. The summed E-state index contributed by atoms with van der Waals surface area (Å²) in [6, 6.07) is 6.54. The molecule has 0 aliphatic carbocycles. The van der Waals surface area contributed by atoms with E-state index in [1.165, 1.54) is 12.1 Å². The van der Waals surface area contributed by atoms with E-state index in [4.69, 9.17) is 9.88 Å². The van der Waals surface area contributed by atoms with Crippen molar-refractivity contribution >= 4 is 16.0 Å². The molecule has 0 bridgehead atoms. The minimum Gasteiger partial charge on any atom is -0.380 e. The Morgan fingerprint density at radius 3 is 2.41 bits per heavy atom. The van der Waals surface area contributed by atoms with Gasteiger partial charge in [0.15, 0.2) is 5.96 Å². The van der Waals surface area contributed by atoms with E-state index >= 15 is 0 Å². The third kappa shape index (κ3) is 6.88. The van der Waals surface area contributed by atoms with Crippen LogP contribution in [-0.2, 0) is 21.2 Å². The minimum absolute atomic E-state index is 0.123. The van der Waals surface area contributed by atoms with Crippen LogP contribution in [-0.4, -0.2) is 47.7 Å². The molecule has 0 fully saturated rings. The van der Waals surface area contributed by atoms with Crippen molar-refractivity contribution in [2.24, 2.45) is 10.1 Å². The highest BCUT2D eigenvalue weighted by Gasteiger charge is 2.06. The largest absolute Gasteiger partial charge is 0.380 e. The smallest absolute Gasteiger partial charge is 0.238 e. The number of primary sulfonamides is 1. The van der Waals surface area contributed by atoms with Crippen molar-refractivity contribution in [3.63, 3.8) is 0 Å². The van der Waals surface area contributed by atoms with E-state index in [1.807, 2.05) is 6.92 Å². The standard InChI is InChI=1S/C14H24N4O3S/c1-3-21-11-10-18-14(16-2)17-9-8-12-4-6-13(7-5-12)22(15,19)20/h4-7H,3,8-11H2,1-2H3,(H2,15,19,20)(H2,16,17,18). The van der Waals surface area contributed by atoms with Gasteiger partial charge in [0, 0.05) is 26.7 Å². The zero-order valence-electron chi connectivity index (χ0n) is 13.0. The van der Waals surface area contributed by atoms with Crippen LogP contribution >= 0.6 is 0 Å². The van der Waals surface area contributed by atoms with Crippen molar-refractivity contribution in [2.45, 2.75) is 18.2 Å². The van der Waals surface area contributed by atoms with Gasteiger partial charge in [0.25, 0.3) is 0 Å². The second-order valence-electron chi connectivity index (χ2n) is 4.56. The summed E-state index contributed by atoms with van der Waals surface area (Å²) in [6.45, 7) is 4.66. The van der Waals surface area contributed by atoms with Crippen LogP contribution < -0.4 is 15.8 Å². The Bertz CT molecular complexity index is 570. The van der Waals surface area contributed by atoms with E-state index in [-0.39, 0.29) is 4.90 Å². The van der Waals surface area contributed by atoms with Gasteiger partial charge in [-0.3, -0.25) is 4.99 Å². The van der Waals surface area contributed by atoms with Gasteiger partial charge in [-0.05, 0) is 31.0 Å². The van der Waals surface area contributed by atoms with E-state index in [1.54, 1.807) is 19.2 Å². The van der Waals surface area contributed by atoms with Crippen LogP contribution in [0.2, 0.25) is 0 Å². The fourth-order valence-electron chi connectivity index (χ4n) is 1.78. The Balaban J connectivity index is 2.36. The number of hydrogen-bond donors (Lipinski definition) is 3. The van der Waals surface area contributed by atoms with Crippen molar-refractivity contribution < 1.29 is 13.2 Å². The predicted molar refractivity (Wildman–Crippen MR) is 87.4 cm³/mol. The van der Waals surface area contributed by atoms with Crippen LogP contribution in [0.25, 0.3) is 0 Å². The molecule has 0 atom stereocenters. The van der Waals surface area contributed by atoms with E-state index in [0.29, 0.717) is 32.3 Å². The van der Waals surface area contributed by atoms with Crippen molar-refractivity contribution in [3.8, 4) is 0 Å². The number of sulfonamides is 1. The Morgan fingerprint density at radius 1 is 1.23 bits per heavy atom. The SMILES string of the molecule is CCOCCNC(=NC)NCCc1ccc(S(N)(=O)=O)cc1. The van der Waals surface area contributed by atoms with Crippen LogP contribution in [0.4, 0.5) is 0 Å². The lowest BCUT2D eigenvalue weighted by atomic mass is 10.1. The summed E-state index contributed by atoms with van der Waals surface area (Å²) in [5, 5.41) is 11.4. The van der Waals surface area contributed by atoms with E-state index < -0.39 is 10.0 Å². The molecule has 0 aromatic heterocycles. The lowest BCUT2D eigenvalue weighted by Gasteiger charge is -2.11. The van der Waals surface area contributed by atoms with Crippen molar-refractivity contribution in [1.29, 1.82) is 0 Å². The molecule has 1 rings (SSSR count). The van der Waals surface area contributed by atoms with Crippen molar-refractivity contribution in [1.82, 2.24) is 10.6 Å². The quantitative estimate of drug-likeness (QED) is 0.356. The first-order chi connectivity index (χ1) is 10.5. The lowest BCUT2D eigenvalue weighted by molar-refractivity contribution is 0.152. The molecule has 1 aromatic carbocycles. The van der Waals surface area contributed by atoms with Crippen LogP contribution in [0.1, 0.15) is 12.5 Å². The van der Waals surface area contributed by atoms with Gasteiger partial charge >= 0.3 is 0 Å². The van der Waals surface area contributed by atoms with Gasteiger partial charge in [0.1, 0.15) is 0 Å². The molecule has 1 aromatic rings. The average Bonchev–Trinajstić information content (AvgIpc) is 2.49. The maximum atomic E-state index is 11.2. The van der Waals surface area contributed by atoms with Crippen LogP contribution in [0, 0.1) is 0 Å². The van der Waals surface area contributed by atoms with Crippen LogP contribution in [0.3, 0.4) is 0 Å². The number of ether oxygens (including phenoxy) is 1. The maximum absolute atomic E-state index is 11.2. The number of aliphatic imine (C=N–C) groups is 1. The Hall–Kier alpha value is -1.64. The second-order valence-corrected chi connectivity index (χ2v) is 6.12. The van der Waals surface area contributed by atoms with Crippen molar-refractivity contribution in [3.05, 3.63) is 29.8 Å². The molecule has 124 valence electrons. The summed E-state index contributed by atoms with van der Waals surface area (Å²) in [4.78, 5) is 4.23. The average molecular weight is 328 g/mol. The molecule has 4 N–H and O–H groups in total. The number of nitrogens with zero attached hydrogens (tertiary/aromatic N) is 1. The fraction of sp³-hybridized carbons (Fsp3) is 0.500. The number of nitrogens with two attached hydrogens (primary N) is 1. The van der Waals surface area contributed by atoms with Gasteiger partial charge in [0.05, 0.1) is 11.5 Å². The molecule has 0 heterocycles. The number of benzene rings is 1. The molecule has 8 heteroatoms. The first kappa shape index (κ1) is 18.4. The molecule has 0 unspecified atom stereocenters. The van der Waals surface area contributed by atoms with Crippen LogP contribution in [0.15, 0.2) is 34.2 Å². The Kier molecular flexibility index (Phi) is 7.86. The maximum Gasteiger partial charge on any atom is 0.238 e. The fourth-order valence-corrected chi connectivity index (χ4v) is 2.29. The summed E-state index contributed by atoms with van der Waals surface area (Å²) in [5.41, 5.74) is 1.02. The van der Waals surface area contributed by atoms with E-state index in [9.17, 15) is 8.42 Å². The highest BCUT2D eigenvalue weighted by atomic mass is 32.2. The number of rotatable bonds is 8. The monoisotopic (exact) mass is 328 g/mol. The van der Waals surface area contributed by atoms with Gasteiger partial charge in [-0.2, -0.15) is 0 Å². The summed E-state index contributed by atoms with van der Waals surface area (Å²) >= 11 is 0. The number of guanidine groups is 1. The highest BCUT2D eigenvalue weighted by molar-refractivity contribution is 7.89. The molecule has 22 heavy (non-hydrogen) atoms. The molecule has 0 aliphatic rings. The van der Waals surface area contributed by atoms with E-state index in [2.05, 4.69) is 15.6 Å². The number of hydrogen-bond acceptors (Lipinski definition) is 4. The second kappa shape index (κ2) is 9.39. The first-order valence-corrected chi connectivity index (χ1v) is 8.66. The van der Waals surface area contributed by atoms with Gasteiger partial charge in [-0.1, -0.05) is 12.1 Å². The molecule has 7 nitrogen and oxygen atoms in total. The topological polar surface area (TPSA) is 106 Å². The zero-order chi connectivity index (χ0) is 16.4. The molecular weight excluding hydrogens is 304 g/mol. The molecule has 0 amide bonds. The summed E-state index contributed by atoms with van der Waals surface area (Å²) < 4.78 is 27.6. The molecule has 0 saturated heterocycles. The first-order valence-electron chi connectivity index (χ1n) is 7.11. The Morgan fingerprint density at radius 2 is 1.86 bits per heavy atom. The summed E-state index contributed by atoms with van der Waals surface area (Å²) in [5.74, 6) is 0.709. The minimum atomic E-state index is -3.63. The molecule has 0 saturated carbocycles. The number of nitrogens with one attached hydrogen (secondary N) is 2. The van der Waals surface area contributed by atoms with Crippen molar-refractivity contribution in [2.75, 3.05) is 33.4 Å². The summed E-state index contributed by atoms with van der Waals surface area (Å²) in [6.07, 6.45) is 0.747. The third-order valence-electron chi connectivity index (χ3n) is 2.92. The summed E-state index contributed by atoms with van der Waals surface area (Å²) in [7, 11) is -1.92. The highest BCUT2D eigenvalue weighted by Crippen LogP contribution is 2.08. The normalized spacial score (nSPS) is 12.2. The molecule has 0 radical (unpaired) electrons. The molecule has 0 aliphatic heterocycles. The van der Waals surface area contributed by atoms with Crippen LogP contribution in [0.5, 0.6) is 0 Å². The molecular formula is C14H24N4O3S. The van der Waals surface area contributed by atoms with E-state index in [0.717, 1.165) is 12.0 Å². The van der Waals surface area contributed by atoms with Gasteiger partial charge < -0.3 is 15.4 Å². The van der Waals surface area contributed by atoms with Gasteiger partial charge in [0.2, 0.25) is 10.0 Å². The van der Waals surface area contributed by atoms with Gasteiger partial charge in [-0.15, -0.1) is 0 Å². The predicted octanol–water partition coefficient (Wildman–Crippen LogP) is 0.0780. The Labute approximate surface area is 132 Å². The molecule has 0 spiro atoms. The zero-order valence-corrected chi connectivity index (χ0v) is 13.8.